The van der Waals surface area contributed by atoms with Crippen molar-refractivity contribution in [3.63, 3.8) is 0 Å². The van der Waals surface area contributed by atoms with Crippen LogP contribution in [0.5, 0.6) is 0 Å². The summed E-state index contributed by atoms with van der Waals surface area (Å²) in [6, 6.07) is 3.27. The fraction of sp³-hybridized carbons (Fsp3) is 0.125. The Kier molecular flexibility index (Phi) is 2.77. The number of benzene rings is 1. The van der Waals surface area contributed by atoms with E-state index in [-0.39, 0.29) is 11.3 Å². The molecule has 0 saturated carbocycles. The van der Waals surface area contributed by atoms with Crippen molar-refractivity contribution >= 4 is 33.3 Å². The second kappa shape index (κ2) is 3.66. The van der Waals surface area contributed by atoms with Gasteiger partial charge in [0.1, 0.15) is 0 Å². The summed E-state index contributed by atoms with van der Waals surface area (Å²) in [7, 11) is 1.29. The van der Waals surface area contributed by atoms with Gasteiger partial charge in [0, 0.05) is 4.47 Å². The predicted molar refractivity (Wildman–Crippen MR) is 54.3 cm³/mol. The molecule has 0 heterocycles. The van der Waals surface area contributed by atoms with Gasteiger partial charge in [-0.15, -0.1) is 0 Å². The average molecular weight is 245 g/mol. The van der Waals surface area contributed by atoms with E-state index in [1.54, 1.807) is 12.1 Å². The van der Waals surface area contributed by atoms with E-state index in [1.165, 1.54) is 7.11 Å². The maximum absolute atomic E-state index is 11.2. The summed E-state index contributed by atoms with van der Waals surface area (Å²) in [6.45, 7) is 0. The number of hydrogen-bond donors (Lipinski definition) is 2. The van der Waals surface area contributed by atoms with Gasteiger partial charge in [0.25, 0.3) is 0 Å². The fourth-order valence-corrected chi connectivity index (χ4v) is 1.43. The maximum Gasteiger partial charge on any atom is 0.341 e. The van der Waals surface area contributed by atoms with Crippen molar-refractivity contribution in [3.05, 3.63) is 22.2 Å². The Morgan fingerprint density at radius 1 is 1.46 bits per heavy atom. The van der Waals surface area contributed by atoms with Gasteiger partial charge >= 0.3 is 5.97 Å². The fourth-order valence-electron chi connectivity index (χ4n) is 0.919. The number of anilines is 2. The molecule has 0 radical (unpaired) electrons. The van der Waals surface area contributed by atoms with Crippen LogP contribution in [0, 0.1) is 0 Å². The van der Waals surface area contributed by atoms with Crippen molar-refractivity contribution in [2.24, 2.45) is 0 Å². The molecule has 0 amide bonds. The third-order valence-corrected chi connectivity index (χ3v) is 2.28. The van der Waals surface area contributed by atoms with Crippen molar-refractivity contribution in [1.82, 2.24) is 0 Å². The minimum atomic E-state index is -0.503. The first-order valence-electron chi connectivity index (χ1n) is 3.49. The molecule has 0 atom stereocenters. The van der Waals surface area contributed by atoms with Gasteiger partial charge in [0.15, 0.2) is 0 Å². The molecular formula is C8H9BrN2O2. The molecule has 0 unspecified atom stereocenters. The highest BCUT2D eigenvalue weighted by molar-refractivity contribution is 9.10. The van der Waals surface area contributed by atoms with E-state index in [0.29, 0.717) is 10.2 Å². The minimum Gasteiger partial charge on any atom is -0.465 e. The molecule has 4 nitrogen and oxygen atoms in total. The van der Waals surface area contributed by atoms with Gasteiger partial charge in [-0.1, -0.05) is 0 Å². The van der Waals surface area contributed by atoms with Gasteiger partial charge in [0.05, 0.1) is 24.0 Å². The van der Waals surface area contributed by atoms with Crippen LogP contribution in [0.1, 0.15) is 10.4 Å². The lowest BCUT2D eigenvalue weighted by atomic mass is 10.1. The quantitative estimate of drug-likeness (QED) is 0.579. The number of nitrogen functional groups attached to an aromatic ring is 2. The van der Waals surface area contributed by atoms with Crippen LogP contribution in [0.2, 0.25) is 0 Å². The first kappa shape index (κ1) is 9.85. The Balaban J connectivity index is 3.33. The highest BCUT2D eigenvalue weighted by Crippen LogP contribution is 2.28. The van der Waals surface area contributed by atoms with Crippen LogP contribution >= 0.6 is 15.9 Å². The number of hydrogen-bond acceptors (Lipinski definition) is 4. The zero-order chi connectivity index (χ0) is 10.0. The van der Waals surface area contributed by atoms with Gasteiger partial charge < -0.3 is 16.2 Å². The van der Waals surface area contributed by atoms with E-state index < -0.39 is 5.97 Å². The number of ether oxygens (including phenoxy) is 1. The van der Waals surface area contributed by atoms with Gasteiger partial charge in [-0.05, 0) is 28.1 Å². The largest absolute Gasteiger partial charge is 0.465 e. The maximum atomic E-state index is 11.2. The zero-order valence-electron chi connectivity index (χ0n) is 7.00. The number of nitrogens with two attached hydrogens (primary N) is 2. The van der Waals surface area contributed by atoms with Crippen molar-refractivity contribution in [1.29, 1.82) is 0 Å². The normalized spacial score (nSPS) is 9.69. The molecule has 0 bridgehead atoms. The van der Waals surface area contributed by atoms with Crippen LogP contribution < -0.4 is 11.5 Å². The standard InChI is InChI=1S/C8H9BrN2O2/c1-13-8(12)6-4(9)2-3-5(10)7(6)11/h2-3H,10-11H2,1H3. The lowest BCUT2D eigenvalue weighted by Crippen LogP contribution is -2.08. The van der Waals surface area contributed by atoms with Crippen molar-refractivity contribution < 1.29 is 9.53 Å². The van der Waals surface area contributed by atoms with Crippen LogP contribution in [0.3, 0.4) is 0 Å². The summed E-state index contributed by atoms with van der Waals surface area (Å²) in [4.78, 5) is 11.2. The van der Waals surface area contributed by atoms with E-state index >= 15 is 0 Å². The second-order valence-electron chi connectivity index (χ2n) is 2.42. The SMILES string of the molecule is COC(=O)c1c(Br)ccc(N)c1N. The molecule has 0 aliphatic rings. The smallest absolute Gasteiger partial charge is 0.341 e. The number of halogens is 1. The molecule has 1 aromatic carbocycles. The summed E-state index contributed by atoms with van der Waals surface area (Å²) in [5, 5.41) is 0. The van der Waals surface area contributed by atoms with E-state index in [9.17, 15) is 4.79 Å². The molecule has 13 heavy (non-hydrogen) atoms. The molecule has 5 heteroatoms. The van der Waals surface area contributed by atoms with Crippen LogP contribution in [0.4, 0.5) is 11.4 Å². The van der Waals surface area contributed by atoms with Crippen LogP contribution in [-0.2, 0) is 4.74 Å². The van der Waals surface area contributed by atoms with Crippen LogP contribution in [-0.4, -0.2) is 13.1 Å². The van der Waals surface area contributed by atoms with Crippen LogP contribution in [0.15, 0.2) is 16.6 Å². The summed E-state index contributed by atoms with van der Waals surface area (Å²) in [5.41, 5.74) is 12.0. The van der Waals surface area contributed by atoms with Gasteiger partial charge in [-0.3, -0.25) is 0 Å². The molecular weight excluding hydrogens is 236 g/mol. The molecule has 70 valence electrons. The monoisotopic (exact) mass is 244 g/mol. The number of carbonyl (C=O) groups excluding carboxylic acids is 1. The molecule has 1 aromatic rings. The highest BCUT2D eigenvalue weighted by atomic mass is 79.9. The molecule has 0 aromatic heterocycles. The Labute approximate surface area is 84.0 Å². The third-order valence-electron chi connectivity index (χ3n) is 1.62. The number of methoxy groups -OCH3 is 1. The molecule has 0 saturated heterocycles. The lowest BCUT2D eigenvalue weighted by molar-refractivity contribution is 0.0601. The molecule has 0 aliphatic carbocycles. The Bertz CT molecular complexity index is 352. The summed E-state index contributed by atoms with van der Waals surface area (Å²) >= 11 is 3.19. The minimum absolute atomic E-state index is 0.237. The van der Waals surface area contributed by atoms with Crippen molar-refractivity contribution in [3.8, 4) is 0 Å². The molecule has 0 aliphatic heterocycles. The lowest BCUT2D eigenvalue weighted by Gasteiger charge is -2.07. The number of esters is 1. The Morgan fingerprint density at radius 3 is 2.62 bits per heavy atom. The molecule has 0 fully saturated rings. The first-order chi connectivity index (χ1) is 6.07. The van der Waals surface area contributed by atoms with E-state index in [4.69, 9.17) is 11.5 Å². The van der Waals surface area contributed by atoms with E-state index in [1.807, 2.05) is 0 Å². The Morgan fingerprint density at radius 2 is 2.08 bits per heavy atom. The van der Waals surface area contributed by atoms with Gasteiger partial charge in [-0.25, -0.2) is 4.79 Å². The summed E-state index contributed by atoms with van der Waals surface area (Å²) in [6.07, 6.45) is 0. The second-order valence-corrected chi connectivity index (χ2v) is 3.27. The zero-order valence-corrected chi connectivity index (χ0v) is 8.59. The van der Waals surface area contributed by atoms with Crippen molar-refractivity contribution in [2.75, 3.05) is 18.6 Å². The number of rotatable bonds is 1. The third kappa shape index (κ3) is 1.75. The molecule has 1 rings (SSSR count). The Hall–Kier alpha value is -1.23. The average Bonchev–Trinajstić information content (AvgIpc) is 2.12. The first-order valence-corrected chi connectivity index (χ1v) is 4.29. The highest BCUT2D eigenvalue weighted by Gasteiger charge is 2.15. The summed E-state index contributed by atoms with van der Waals surface area (Å²) in [5.74, 6) is -0.503. The van der Waals surface area contributed by atoms with E-state index in [0.717, 1.165) is 0 Å². The van der Waals surface area contributed by atoms with E-state index in [2.05, 4.69) is 20.7 Å². The molecule has 4 N–H and O–H groups in total. The predicted octanol–water partition coefficient (Wildman–Crippen LogP) is 1.40. The van der Waals surface area contributed by atoms with Gasteiger partial charge in [0.2, 0.25) is 0 Å². The van der Waals surface area contributed by atoms with Crippen molar-refractivity contribution in [2.45, 2.75) is 0 Å². The summed E-state index contributed by atoms with van der Waals surface area (Å²) < 4.78 is 5.12. The number of carbonyl (C=O) groups is 1. The molecule has 0 spiro atoms. The van der Waals surface area contributed by atoms with Gasteiger partial charge in [-0.2, -0.15) is 0 Å². The van der Waals surface area contributed by atoms with Crippen LogP contribution in [0.25, 0.3) is 0 Å². The topological polar surface area (TPSA) is 78.3 Å².